The number of amides is 3. The van der Waals surface area contributed by atoms with Crippen molar-refractivity contribution in [2.45, 2.75) is 29.9 Å². The number of nitrogens with one attached hydrogen (secondary N) is 2. The van der Waals surface area contributed by atoms with Crippen LogP contribution in [0.15, 0.2) is 23.1 Å². The minimum Gasteiger partial charge on any atom is -0.355 e. The van der Waals surface area contributed by atoms with E-state index in [9.17, 15) is 14.4 Å². The van der Waals surface area contributed by atoms with E-state index in [1.807, 2.05) is 13.0 Å². The minimum atomic E-state index is -0.201. The van der Waals surface area contributed by atoms with Crippen LogP contribution < -0.4 is 16.4 Å². The number of fused-ring (bicyclic) bond motifs is 1. The van der Waals surface area contributed by atoms with Crippen LogP contribution in [0.4, 0.5) is 5.69 Å². The van der Waals surface area contributed by atoms with Gasteiger partial charge in [-0.15, -0.1) is 11.8 Å². The summed E-state index contributed by atoms with van der Waals surface area (Å²) >= 11 is 1.49. The molecule has 1 aromatic carbocycles. The van der Waals surface area contributed by atoms with Gasteiger partial charge in [-0.25, -0.2) is 0 Å². The number of piperidine rings is 1. The van der Waals surface area contributed by atoms with E-state index in [0.29, 0.717) is 37.4 Å². The molecule has 4 N–H and O–H groups in total. The van der Waals surface area contributed by atoms with E-state index in [4.69, 9.17) is 5.73 Å². The average molecular weight is 376 g/mol. The molecule has 0 aliphatic carbocycles. The molecule has 2 atom stereocenters. The number of carbonyl (C=O) groups excluding carboxylic acids is 3. The number of carbonyl (C=O) groups is 3. The number of hydrogen-bond donors (Lipinski definition) is 3. The highest BCUT2D eigenvalue weighted by Gasteiger charge is 2.30. The quantitative estimate of drug-likeness (QED) is 0.728. The highest BCUT2D eigenvalue weighted by molar-refractivity contribution is 8.00. The third-order valence-electron chi connectivity index (χ3n) is 4.68. The predicted octanol–water partition coefficient (Wildman–Crippen LogP) is 1.05. The molecule has 26 heavy (non-hydrogen) atoms. The van der Waals surface area contributed by atoms with Gasteiger partial charge >= 0.3 is 0 Å². The Morgan fingerprint density at radius 1 is 1.42 bits per heavy atom. The molecule has 3 amide bonds. The standard InChI is InChI=1S/C18H24N4O3S/c1-11-16(23)21-14-9-12(4-5-15(14)26-11)18(25)22-8-2-3-13(10-22)17(24)20-7-6-19/h4-5,9,11,13H,2-3,6-8,10,19H2,1H3,(H,20,24)(H,21,23). The summed E-state index contributed by atoms with van der Waals surface area (Å²) in [4.78, 5) is 39.6. The Morgan fingerprint density at radius 3 is 3.00 bits per heavy atom. The van der Waals surface area contributed by atoms with Crippen LogP contribution >= 0.6 is 11.8 Å². The van der Waals surface area contributed by atoms with Crippen molar-refractivity contribution < 1.29 is 14.4 Å². The monoisotopic (exact) mass is 376 g/mol. The van der Waals surface area contributed by atoms with Crippen molar-refractivity contribution in [3.8, 4) is 0 Å². The third kappa shape index (κ3) is 4.02. The number of anilines is 1. The van der Waals surface area contributed by atoms with E-state index >= 15 is 0 Å². The predicted molar refractivity (Wildman–Crippen MR) is 101 cm³/mol. The van der Waals surface area contributed by atoms with Gasteiger partial charge in [0.05, 0.1) is 16.9 Å². The summed E-state index contributed by atoms with van der Waals surface area (Å²) in [5.74, 6) is -0.410. The molecule has 2 aliphatic rings. The van der Waals surface area contributed by atoms with E-state index < -0.39 is 0 Å². The van der Waals surface area contributed by atoms with Crippen LogP contribution in [0.1, 0.15) is 30.1 Å². The fourth-order valence-electron chi connectivity index (χ4n) is 3.24. The molecule has 2 aliphatic heterocycles. The number of nitrogens with zero attached hydrogens (tertiary/aromatic N) is 1. The fourth-order valence-corrected chi connectivity index (χ4v) is 4.17. The van der Waals surface area contributed by atoms with Crippen LogP contribution in [0.5, 0.6) is 0 Å². The molecular formula is C18H24N4O3S. The Kier molecular flexibility index (Phi) is 5.83. The van der Waals surface area contributed by atoms with Crippen molar-refractivity contribution in [1.82, 2.24) is 10.2 Å². The molecule has 1 fully saturated rings. The second kappa shape index (κ2) is 8.09. The lowest BCUT2D eigenvalue weighted by Gasteiger charge is -2.32. The van der Waals surface area contributed by atoms with E-state index in [0.717, 1.165) is 17.7 Å². The van der Waals surface area contributed by atoms with Gasteiger partial charge in [-0.05, 0) is 38.0 Å². The molecule has 0 aromatic heterocycles. The van der Waals surface area contributed by atoms with Gasteiger partial charge in [0, 0.05) is 36.6 Å². The molecule has 0 saturated carbocycles. The Hall–Kier alpha value is -2.06. The lowest BCUT2D eigenvalue weighted by atomic mass is 9.96. The summed E-state index contributed by atoms with van der Waals surface area (Å²) < 4.78 is 0. The van der Waals surface area contributed by atoms with E-state index in [2.05, 4.69) is 10.6 Å². The summed E-state index contributed by atoms with van der Waals surface area (Å²) in [6, 6.07) is 5.39. The smallest absolute Gasteiger partial charge is 0.253 e. The highest BCUT2D eigenvalue weighted by atomic mass is 32.2. The molecule has 3 rings (SSSR count). The minimum absolute atomic E-state index is 0.0453. The molecule has 7 nitrogen and oxygen atoms in total. The number of nitrogens with two attached hydrogens (primary N) is 1. The molecule has 0 bridgehead atoms. The first-order chi connectivity index (χ1) is 12.5. The van der Waals surface area contributed by atoms with Crippen molar-refractivity contribution in [3.05, 3.63) is 23.8 Å². The van der Waals surface area contributed by atoms with Crippen molar-refractivity contribution in [2.24, 2.45) is 11.7 Å². The average Bonchev–Trinajstić information content (AvgIpc) is 2.66. The molecule has 8 heteroatoms. The molecule has 2 unspecified atom stereocenters. The van der Waals surface area contributed by atoms with Crippen molar-refractivity contribution >= 4 is 35.2 Å². The molecule has 0 spiro atoms. The van der Waals surface area contributed by atoms with Crippen molar-refractivity contribution in [2.75, 3.05) is 31.5 Å². The van der Waals surface area contributed by atoms with Crippen LogP contribution in [-0.4, -0.2) is 54.1 Å². The first-order valence-electron chi connectivity index (χ1n) is 8.88. The summed E-state index contributed by atoms with van der Waals surface area (Å²) in [7, 11) is 0. The summed E-state index contributed by atoms with van der Waals surface area (Å²) in [5, 5.41) is 5.51. The number of likely N-dealkylation sites (tertiary alicyclic amines) is 1. The molecule has 2 heterocycles. The first kappa shape index (κ1) is 18.7. The van der Waals surface area contributed by atoms with E-state index in [1.165, 1.54) is 11.8 Å². The Bertz CT molecular complexity index is 724. The Morgan fingerprint density at radius 2 is 2.23 bits per heavy atom. The number of rotatable bonds is 4. The van der Waals surface area contributed by atoms with Gasteiger partial charge in [-0.2, -0.15) is 0 Å². The Balaban J connectivity index is 1.70. The third-order valence-corrected chi connectivity index (χ3v) is 5.86. The van der Waals surface area contributed by atoms with Gasteiger partial charge in [0.2, 0.25) is 11.8 Å². The number of hydrogen-bond acceptors (Lipinski definition) is 5. The second-order valence-electron chi connectivity index (χ2n) is 6.63. The first-order valence-corrected chi connectivity index (χ1v) is 9.76. The maximum absolute atomic E-state index is 12.9. The van der Waals surface area contributed by atoms with Gasteiger partial charge in [-0.1, -0.05) is 0 Å². The SMILES string of the molecule is CC1Sc2ccc(C(=O)N3CCCC(C(=O)NCCN)C3)cc2NC1=O. The van der Waals surface area contributed by atoms with Crippen LogP contribution in [0, 0.1) is 5.92 Å². The maximum atomic E-state index is 12.9. The van der Waals surface area contributed by atoms with Crippen molar-refractivity contribution in [1.29, 1.82) is 0 Å². The van der Waals surface area contributed by atoms with Crippen molar-refractivity contribution in [3.63, 3.8) is 0 Å². The van der Waals surface area contributed by atoms with Gasteiger partial charge in [0.1, 0.15) is 0 Å². The molecule has 1 saturated heterocycles. The van der Waals surface area contributed by atoms with Gasteiger partial charge in [-0.3, -0.25) is 14.4 Å². The van der Waals surface area contributed by atoms with Crippen LogP contribution in [0.3, 0.4) is 0 Å². The lowest BCUT2D eigenvalue weighted by molar-refractivity contribution is -0.126. The normalized spacial score (nSPS) is 22.4. The lowest BCUT2D eigenvalue weighted by Crippen LogP contribution is -2.46. The van der Waals surface area contributed by atoms with Crippen LogP contribution in [0.2, 0.25) is 0 Å². The molecular weight excluding hydrogens is 352 g/mol. The maximum Gasteiger partial charge on any atom is 0.253 e. The van der Waals surface area contributed by atoms with Crippen LogP contribution in [-0.2, 0) is 9.59 Å². The second-order valence-corrected chi connectivity index (χ2v) is 8.01. The fraction of sp³-hybridized carbons (Fsp3) is 0.500. The topological polar surface area (TPSA) is 105 Å². The zero-order chi connectivity index (χ0) is 18.7. The summed E-state index contributed by atoms with van der Waals surface area (Å²) in [5.41, 5.74) is 6.63. The zero-order valence-corrected chi connectivity index (χ0v) is 15.6. The number of benzene rings is 1. The van der Waals surface area contributed by atoms with E-state index in [-0.39, 0.29) is 28.9 Å². The summed E-state index contributed by atoms with van der Waals surface area (Å²) in [6.45, 7) is 3.74. The number of thioether (sulfide) groups is 1. The largest absolute Gasteiger partial charge is 0.355 e. The molecule has 0 radical (unpaired) electrons. The molecule has 1 aromatic rings. The van der Waals surface area contributed by atoms with Crippen LogP contribution in [0.25, 0.3) is 0 Å². The summed E-state index contributed by atoms with van der Waals surface area (Å²) in [6.07, 6.45) is 1.57. The van der Waals surface area contributed by atoms with E-state index in [1.54, 1.807) is 17.0 Å². The molecule has 140 valence electrons. The van der Waals surface area contributed by atoms with Gasteiger partial charge in [0.25, 0.3) is 5.91 Å². The Labute approximate surface area is 157 Å². The van der Waals surface area contributed by atoms with Gasteiger partial charge < -0.3 is 21.3 Å². The zero-order valence-electron chi connectivity index (χ0n) is 14.8. The van der Waals surface area contributed by atoms with Gasteiger partial charge in [0.15, 0.2) is 0 Å². The highest BCUT2D eigenvalue weighted by Crippen LogP contribution is 2.36.